The van der Waals surface area contributed by atoms with Gasteiger partial charge in [0.15, 0.2) is 11.5 Å². The van der Waals surface area contributed by atoms with E-state index in [1.165, 1.54) is 17.7 Å². The zero-order valence-electron chi connectivity index (χ0n) is 17.3. The summed E-state index contributed by atoms with van der Waals surface area (Å²) in [7, 11) is 0. The molecule has 5 nitrogen and oxygen atoms in total. The first-order chi connectivity index (χ1) is 14.5. The molecule has 0 radical (unpaired) electrons. The fraction of sp³-hybridized carbons (Fsp3) is 0.435. The number of hydrogen-bond donors (Lipinski definition) is 0. The number of nitrogens with zero attached hydrogens (tertiary/aromatic N) is 1. The van der Waals surface area contributed by atoms with Crippen molar-refractivity contribution in [2.24, 2.45) is 0 Å². The minimum atomic E-state index is -2.84. The summed E-state index contributed by atoms with van der Waals surface area (Å²) >= 11 is 0. The molecule has 1 aliphatic rings. The number of amides is 1. The summed E-state index contributed by atoms with van der Waals surface area (Å²) in [5.74, 6) is 1.64. The quantitative estimate of drug-likeness (QED) is 0.596. The monoisotopic (exact) mass is 419 g/mol. The third-order valence-corrected chi connectivity index (χ3v) is 5.01. The third kappa shape index (κ3) is 5.62. The van der Waals surface area contributed by atoms with E-state index >= 15 is 0 Å². The topological polar surface area (TPSA) is 48.0 Å². The molecule has 0 aliphatic carbocycles. The summed E-state index contributed by atoms with van der Waals surface area (Å²) in [5.41, 5.74) is 3.16. The molecular formula is C23H27F2NO4. The Morgan fingerprint density at radius 1 is 1.03 bits per heavy atom. The smallest absolute Gasteiger partial charge is 0.387 e. The van der Waals surface area contributed by atoms with Gasteiger partial charge in [-0.2, -0.15) is 8.78 Å². The highest BCUT2D eigenvalue weighted by Crippen LogP contribution is 2.34. The van der Waals surface area contributed by atoms with E-state index in [1.807, 2.05) is 30.9 Å². The predicted octanol–water partition coefficient (Wildman–Crippen LogP) is 4.60. The van der Waals surface area contributed by atoms with Crippen LogP contribution in [0, 0.1) is 0 Å². The fourth-order valence-electron chi connectivity index (χ4n) is 3.56. The Morgan fingerprint density at radius 2 is 1.67 bits per heavy atom. The Bertz CT molecular complexity index is 855. The lowest BCUT2D eigenvalue weighted by Gasteiger charge is -2.30. The first-order valence-corrected chi connectivity index (χ1v) is 10.2. The molecule has 162 valence electrons. The molecule has 1 heterocycles. The normalized spacial score (nSPS) is 13.2. The Kier molecular flexibility index (Phi) is 7.49. The van der Waals surface area contributed by atoms with Crippen LogP contribution in [0.2, 0.25) is 0 Å². The average Bonchev–Trinajstić information content (AvgIpc) is 2.73. The number of alkyl halides is 2. The Labute approximate surface area is 175 Å². The number of aryl methyl sites for hydroxylation is 1. The predicted molar refractivity (Wildman–Crippen MR) is 109 cm³/mol. The van der Waals surface area contributed by atoms with E-state index in [0.29, 0.717) is 44.9 Å². The molecule has 0 aromatic heterocycles. The van der Waals surface area contributed by atoms with Gasteiger partial charge in [0.05, 0.1) is 13.2 Å². The van der Waals surface area contributed by atoms with Crippen LogP contribution in [0.1, 0.15) is 37.0 Å². The SMILES string of the molecule is CCOc1cc2c(cc1OCC)CN(C(=O)CCc1ccc(OC(F)F)cc1)CC2. The molecule has 0 fully saturated rings. The standard InChI is InChI=1S/C23H27F2NO4/c1-3-28-20-13-17-11-12-26(15-18(17)14-21(20)29-4-2)22(27)10-7-16-5-8-19(9-6-16)30-23(24)25/h5-6,8-9,13-14,23H,3-4,7,10-12,15H2,1-2H3. The molecule has 0 unspecified atom stereocenters. The molecule has 0 N–H and O–H groups in total. The van der Waals surface area contributed by atoms with Gasteiger partial charge in [0.2, 0.25) is 5.91 Å². The van der Waals surface area contributed by atoms with Gasteiger partial charge >= 0.3 is 6.61 Å². The Morgan fingerprint density at radius 3 is 2.27 bits per heavy atom. The van der Waals surface area contributed by atoms with Gasteiger partial charge in [-0.15, -0.1) is 0 Å². The first kappa shape index (κ1) is 21.9. The number of halogens is 2. The second kappa shape index (κ2) is 10.3. The largest absolute Gasteiger partial charge is 0.490 e. The van der Waals surface area contributed by atoms with Crippen LogP contribution >= 0.6 is 0 Å². The maximum Gasteiger partial charge on any atom is 0.387 e. The van der Waals surface area contributed by atoms with Crippen molar-refractivity contribution in [2.75, 3.05) is 19.8 Å². The summed E-state index contributed by atoms with van der Waals surface area (Å²) in [5, 5.41) is 0. The van der Waals surface area contributed by atoms with E-state index in [1.54, 1.807) is 12.1 Å². The summed E-state index contributed by atoms with van der Waals surface area (Å²) < 4.78 is 40.2. The fourth-order valence-corrected chi connectivity index (χ4v) is 3.56. The highest BCUT2D eigenvalue weighted by Gasteiger charge is 2.23. The molecular weight excluding hydrogens is 392 g/mol. The van der Waals surface area contributed by atoms with Crippen LogP contribution in [0.3, 0.4) is 0 Å². The highest BCUT2D eigenvalue weighted by molar-refractivity contribution is 5.77. The van der Waals surface area contributed by atoms with Crippen LogP contribution in [0.5, 0.6) is 17.2 Å². The van der Waals surface area contributed by atoms with Gasteiger partial charge in [0.1, 0.15) is 5.75 Å². The molecule has 2 aromatic carbocycles. The minimum absolute atomic E-state index is 0.0698. The highest BCUT2D eigenvalue weighted by atomic mass is 19.3. The van der Waals surface area contributed by atoms with E-state index in [2.05, 4.69) is 4.74 Å². The molecule has 0 bridgehead atoms. The summed E-state index contributed by atoms with van der Waals surface area (Å²) in [4.78, 5) is 14.6. The number of fused-ring (bicyclic) bond motifs is 1. The lowest BCUT2D eigenvalue weighted by molar-refractivity contribution is -0.132. The van der Waals surface area contributed by atoms with E-state index in [-0.39, 0.29) is 11.7 Å². The van der Waals surface area contributed by atoms with E-state index < -0.39 is 6.61 Å². The lowest BCUT2D eigenvalue weighted by Crippen LogP contribution is -2.36. The number of hydrogen-bond acceptors (Lipinski definition) is 4. The number of ether oxygens (including phenoxy) is 3. The third-order valence-electron chi connectivity index (χ3n) is 5.01. The van der Waals surface area contributed by atoms with Crippen molar-refractivity contribution in [1.29, 1.82) is 0 Å². The number of carbonyl (C=O) groups excluding carboxylic acids is 1. The van der Waals surface area contributed by atoms with Crippen LogP contribution in [0.4, 0.5) is 8.78 Å². The zero-order chi connectivity index (χ0) is 21.5. The average molecular weight is 419 g/mol. The van der Waals surface area contributed by atoms with Crippen molar-refractivity contribution >= 4 is 5.91 Å². The van der Waals surface area contributed by atoms with Crippen LogP contribution in [-0.2, 0) is 24.2 Å². The second-order valence-electron chi connectivity index (χ2n) is 7.02. The van der Waals surface area contributed by atoms with Gasteiger partial charge in [-0.05, 0) is 67.6 Å². The molecule has 1 amide bonds. The van der Waals surface area contributed by atoms with Gasteiger partial charge < -0.3 is 19.1 Å². The van der Waals surface area contributed by atoms with Crippen LogP contribution in [-0.4, -0.2) is 37.2 Å². The molecule has 0 spiro atoms. The first-order valence-electron chi connectivity index (χ1n) is 10.2. The molecule has 0 saturated carbocycles. The van der Waals surface area contributed by atoms with Crippen molar-refractivity contribution in [3.05, 3.63) is 53.1 Å². The molecule has 1 aliphatic heterocycles. The van der Waals surface area contributed by atoms with Crippen molar-refractivity contribution in [1.82, 2.24) is 4.90 Å². The molecule has 2 aromatic rings. The number of benzene rings is 2. The van der Waals surface area contributed by atoms with Crippen molar-refractivity contribution in [2.45, 2.75) is 46.3 Å². The van der Waals surface area contributed by atoms with Crippen LogP contribution < -0.4 is 14.2 Å². The molecule has 7 heteroatoms. The molecule has 3 rings (SSSR count). The van der Waals surface area contributed by atoms with E-state index in [0.717, 1.165) is 23.3 Å². The van der Waals surface area contributed by atoms with Gasteiger partial charge in [0.25, 0.3) is 0 Å². The van der Waals surface area contributed by atoms with E-state index in [4.69, 9.17) is 9.47 Å². The maximum atomic E-state index is 12.7. The van der Waals surface area contributed by atoms with Crippen LogP contribution in [0.15, 0.2) is 36.4 Å². The molecule has 30 heavy (non-hydrogen) atoms. The molecule has 0 atom stereocenters. The second-order valence-corrected chi connectivity index (χ2v) is 7.02. The van der Waals surface area contributed by atoms with Crippen LogP contribution in [0.25, 0.3) is 0 Å². The summed E-state index contributed by atoms with van der Waals surface area (Å²) in [6, 6.07) is 10.4. The lowest BCUT2D eigenvalue weighted by atomic mass is 9.98. The van der Waals surface area contributed by atoms with Gasteiger partial charge in [-0.25, -0.2) is 0 Å². The number of rotatable bonds is 9. The maximum absolute atomic E-state index is 12.7. The van der Waals surface area contributed by atoms with Gasteiger partial charge in [-0.3, -0.25) is 4.79 Å². The molecule has 0 saturated heterocycles. The summed E-state index contributed by atoms with van der Waals surface area (Å²) in [6.45, 7) is 3.34. The van der Waals surface area contributed by atoms with Gasteiger partial charge in [-0.1, -0.05) is 12.1 Å². The minimum Gasteiger partial charge on any atom is -0.490 e. The van der Waals surface area contributed by atoms with Crippen molar-refractivity contribution in [3.63, 3.8) is 0 Å². The zero-order valence-corrected chi connectivity index (χ0v) is 17.3. The van der Waals surface area contributed by atoms with Crippen molar-refractivity contribution in [3.8, 4) is 17.2 Å². The Balaban J connectivity index is 1.60. The Hall–Kier alpha value is -2.83. The van der Waals surface area contributed by atoms with E-state index in [9.17, 15) is 13.6 Å². The summed E-state index contributed by atoms with van der Waals surface area (Å²) in [6.07, 6.45) is 1.68. The van der Waals surface area contributed by atoms with Gasteiger partial charge in [0, 0.05) is 19.5 Å². The number of carbonyl (C=O) groups is 1. The van der Waals surface area contributed by atoms with Crippen molar-refractivity contribution < 1.29 is 27.8 Å².